The minimum atomic E-state index is 0.146. The van der Waals surface area contributed by atoms with E-state index in [1.54, 1.807) is 0 Å². The molecule has 1 atom stereocenters. The maximum Gasteiger partial charge on any atom is 0.188 e. The van der Waals surface area contributed by atoms with E-state index in [0.717, 1.165) is 13.2 Å². The fourth-order valence-corrected chi connectivity index (χ4v) is 0.801. The Labute approximate surface area is 74.2 Å². The van der Waals surface area contributed by atoms with Crippen molar-refractivity contribution >= 4 is 5.96 Å². The molecule has 0 amide bonds. The molecule has 1 unspecified atom stereocenters. The molecule has 0 saturated carbocycles. The molecule has 0 aliphatic carbocycles. The van der Waals surface area contributed by atoms with Gasteiger partial charge in [0.2, 0.25) is 0 Å². The number of hydrogen-bond acceptors (Lipinski definition) is 2. The molecule has 0 bridgehead atoms. The summed E-state index contributed by atoms with van der Waals surface area (Å²) in [5, 5.41) is 2.92. The normalized spacial score (nSPS) is 14.4. The van der Waals surface area contributed by atoms with E-state index in [2.05, 4.69) is 10.3 Å². The first-order valence-corrected chi connectivity index (χ1v) is 4.36. The van der Waals surface area contributed by atoms with Crippen LogP contribution in [0.25, 0.3) is 0 Å². The summed E-state index contributed by atoms with van der Waals surface area (Å²) in [5.41, 5.74) is 5.51. The SMILES string of the molecule is CCNC(N)=NCC(C)OCC. The largest absolute Gasteiger partial charge is 0.377 e. The zero-order valence-corrected chi connectivity index (χ0v) is 8.13. The van der Waals surface area contributed by atoms with Crippen molar-refractivity contribution in [2.24, 2.45) is 10.7 Å². The molecule has 0 aliphatic rings. The first kappa shape index (κ1) is 11.2. The van der Waals surface area contributed by atoms with Crippen molar-refractivity contribution in [3.05, 3.63) is 0 Å². The molecule has 0 saturated heterocycles. The van der Waals surface area contributed by atoms with E-state index in [4.69, 9.17) is 10.5 Å². The minimum absolute atomic E-state index is 0.146. The highest BCUT2D eigenvalue weighted by atomic mass is 16.5. The van der Waals surface area contributed by atoms with Crippen LogP contribution in [-0.4, -0.2) is 31.8 Å². The van der Waals surface area contributed by atoms with Crippen LogP contribution in [0.5, 0.6) is 0 Å². The van der Waals surface area contributed by atoms with E-state index < -0.39 is 0 Å². The van der Waals surface area contributed by atoms with Gasteiger partial charge in [-0.15, -0.1) is 0 Å². The molecule has 0 aromatic heterocycles. The molecule has 4 nitrogen and oxygen atoms in total. The van der Waals surface area contributed by atoms with E-state index in [1.807, 2.05) is 20.8 Å². The third-order valence-electron chi connectivity index (χ3n) is 1.33. The van der Waals surface area contributed by atoms with E-state index >= 15 is 0 Å². The molecule has 0 fully saturated rings. The zero-order chi connectivity index (χ0) is 9.40. The van der Waals surface area contributed by atoms with E-state index in [9.17, 15) is 0 Å². The highest BCUT2D eigenvalue weighted by molar-refractivity contribution is 5.77. The summed E-state index contributed by atoms with van der Waals surface area (Å²) in [6.07, 6.45) is 0.146. The van der Waals surface area contributed by atoms with Gasteiger partial charge in [0.1, 0.15) is 0 Å². The predicted octanol–water partition coefficient (Wildman–Crippen LogP) is 0.336. The second-order valence-corrected chi connectivity index (χ2v) is 2.52. The first-order chi connectivity index (χ1) is 5.70. The van der Waals surface area contributed by atoms with Crippen LogP contribution >= 0.6 is 0 Å². The van der Waals surface area contributed by atoms with Crippen molar-refractivity contribution in [1.29, 1.82) is 0 Å². The van der Waals surface area contributed by atoms with Crippen LogP contribution < -0.4 is 11.1 Å². The Bertz CT molecular complexity index is 136. The second kappa shape index (κ2) is 6.91. The summed E-state index contributed by atoms with van der Waals surface area (Å²) < 4.78 is 5.28. The average molecular weight is 173 g/mol. The number of nitrogens with one attached hydrogen (secondary N) is 1. The van der Waals surface area contributed by atoms with Crippen LogP contribution in [-0.2, 0) is 4.74 Å². The van der Waals surface area contributed by atoms with Gasteiger partial charge in [0, 0.05) is 13.2 Å². The molecule has 0 rings (SSSR count). The van der Waals surface area contributed by atoms with Crippen LogP contribution in [0, 0.1) is 0 Å². The molecule has 12 heavy (non-hydrogen) atoms. The number of nitrogens with two attached hydrogens (primary N) is 1. The van der Waals surface area contributed by atoms with Gasteiger partial charge in [0.05, 0.1) is 12.6 Å². The molecule has 3 N–H and O–H groups in total. The molecule has 0 aliphatic heterocycles. The summed E-state index contributed by atoms with van der Waals surface area (Å²) >= 11 is 0. The van der Waals surface area contributed by atoms with Crippen LogP contribution in [0.3, 0.4) is 0 Å². The molecular weight excluding hydrogens is 154 g/mol. The van der Waals surface area contributed by atoms with Gasteiger partial charge in [-0.1, -0.05) is 0 Å². The van der Waals surface area contributed by atoms with Crippen LogP contribution in [0.4, 0.5) is 0 Å². The molecular formula is C8H19N3O. The van der Waals surface area contributed by atoms with Gasteiger partial charge in [-0.25, -0.2) is 0 Å². The lowest BCUT2D eigenvalue weighted by atomic mass is 10.4. The van der Waals surface area contributed by atoms with Gasteiger partial charge >= 0.3 is 0 Å². The van der Waals surface area contributed by atoms with Gasteiger partial charge in [0.15, 0.2) is 5.96 Å². The quantitative estimate of drug-likeness (QED) is 0.465. The summed E-state index contributed by atoms with van der Waals surface area (Å²) in [6.45, 7) is 8.07. The first-order valence-electron chi connectivity index (χ1n) is 4.36. The second-order valence-electron chi connectivity index (χ2n) is 2.52. The van der Waals surface area contributed by atoms with Crippen molar-refractivity contribution in [3.8, 4) is 0 Å². The zero-order valence-electron chi connectivity index (χ0n) is 8.13. The molecule has 0 aromatic carbocycles. The maximum absolute atomic E-state index is 5.51. The van der Waals surface area contributed by atoms with Gasteiger partial charge in [-0.2, -0.15) is 0 Å². The van der Waals surface area contributed by atoms with Crippen molar-refractivity contribution in [2.75, 3.05) is 19.7 Å². The summed E-state index contributed by atoms with van der Waals surface area (Å²) in [6, 6.07) is 0. The monoisotopic (exact) mass is 173 g/mol. The Morgan fingerprint density at radius 2 is 2.25 bits per heavy atom. The third kappa shape index (κ3) is 5.97. The van der Waals surface area contributed by atoms with Crippen LogP contribution in [0.2, 0.25) is 0 Å². The third-order valence-corrected chi connectivity index (χ3v) is 1.33. The van der Waals surface area contributed by atoms with Gasteiger partial charge in [-0.3, -0.25) is 4.99 Å². The van der Waals surface area contributed by atoms with Crippen molar-refractivity contribution < 1.29 is 4.74 Å². The Morgan fingerprint density at radius 1 is 1.58 bits per heavy atom. The molecule has 4 heteroatoms. The Hall–Kier alpha value is -0.770. The minimum Gasteiger partial charge on any atom is -0.377 e. The van der Waals surface area contributed by atoms with Gasteiger partial charge in [-0.05, 0) is 20.8 Å². The van der Waals surface area contributed by atoms with Crippen molar-refractivity contribution in [1.82, 2.24) is 5.32 Å². The fraction of sp³-hybridized carbons (Fsp3) is 0.875. The average Bonchev–Trinajstić information content (AvgIpc) is 2.02. The fourth-order valence-electron chi connectivity index (χ4n) is 0.801. The molecule has 0 heterocycles. The number of ether oxygens (including phenoxy) is 1. The Kier molecular flexibility index (Phi) is 6.47. The molecule has 0 aromatic rings. The van der Waals surface area contributed by atoms with Crippen LogP contribution in [0.1, 0.15) is 20.8 Å². The lowest BCUT2D eigenvalue weighted by Crippen LogP contribution is -2.32. The highest BCUT2D eigenvalue weighted by Crippen LogP contribution is 1.89. The van der Waals surface area contributed by atoms with Gasteiger partial charge in [0.25, 0.3) is 0 Å². The van der Waals surface area contributed by atoms with E-state index in [0.29, 0.717) is 12.5 Å². The highest BCUT2D eigenvalue weighted by Gasteiger charge is 1.98. The molecule has 0 radical (unpaired) electrons. The molecule has 0 spiro atoms. The topological polar surface area (TPSA) is 59.6 Å². The van der Waals surface area contributed by atoms with Crippen LogP contribution in [0.15, 0.2) is 4.99 Å². The standard InChI is InChI=1S/C8H19N3O/c1-4-10-8(9)11-6-7(3)12-5-2/h7H,4-6H2,1-3H3,(H3,9,10,11). The Balaban J connectivity index is 3.55. The van der Waals surface area contributed by atoms with E-state index in [-0.39, 0.29) is 6.10 Å². The lowest BCUT2D eigenvalue weighted by molar-refractivity contribution is 0.0829. The number of hydrogen-bond donors (Lipinski definition) is 2. The van der Waals surface area contributed by atoms with Crippen molar-refractivity contribution in [3.63, 3.8) is 0 Å². The number of nitrogens with zero attached hydrogens (tertiary/aromatic N) is 1. The Morgan fingerprint density at radius 3 is 2.75 bits per heavy atom. The molecule has 72 valence electrons. The lowest BCUT2D eigenvalue weighted by Gasteiger charge is -2.08. The number of aliphatic imine (C=N–C) groups is 1. The maximum atomic E-state index is 5.51. The predicted molar refractivity (Wildman–Crippen MR) is 51.3 cm³/mol. The summed E-state index contributed by atoms with van der Waals surface area (Å²) in [5.74, 6) is 0.490. The summed E-state index contributed by atoms with van der Waals surface area (Å²) in [4.78, 5) is 4.09. The van der Waals surface area contributed by atoms with Crippen molar-refractivity contribution in [2.45, 2.75) is 26.9 Å². The van der Waals surface area contributed by atoms with Gasteiger partial charge < -0.3 is 15.8 Å². The smallest absolute Gasteiger partial charge is 0.188 e. The van der Waals surface area contributed by atoms with E-state index in [1.165, 1.54) is 0 Å². The summed E-state index contributed by atoms with van der Waals surface area (Å²) in [7, 11) is 0. The number of rotatable bonds is 5. The number of guanidine groups is 1.